The number of hydrogen-bond acceptors (Lipinski definition) is 5. The molecule has 0 aromatic carbocycles. The number of esters is 1. The third-order valence-electron chi connectivity index (χ3n) is 3.97. The van der Waals surface area contributed by atoms with E-state index in [0.29, 0.717) is 19.7 Å². The lowest BCUT2D eigenvalue weighted by Crippen LogP contribution is -2.48. The second-order valence-electron chi connectivity index (χ2n) is 5.79. The number of rotatable bonds is 6. The molecule has 0 bridgehead atoms. The van der Waals surface area contributed by atoms with Crippen LogP contribution in [0.5, 0.6) is 0 Å². The van der Waals surface area contributed by atoms with Gasteiger partial charge < -0.3 is 15.0 Å². The third-order valence-corrected chi connectivity index (χ3v) is 5.01. The van der Waals surface area contributed by atoms with Gasteiger partial charge in [0, 0.05) is 25.0 Å². The van der Waals surface area contributed by atoms with E-state index in [2.05, 4.69) is 34.4 Å². The predicted octanol–water partition coefficient (Wildman–Crippen LogP) is 3.06. The molecule has 1 aliphatic rings. The van der Waals surface area contributed by atoms with Crippen molar-refractivity contribution in [2.24, 2.45) is 10.9 Å². The van der Waals surface area contributed by atoms with Gasteiger partial charge in [-0.15, -0.1) is 35.3 Å². The first-order chi connectivity index (χ1) is 11.7. The van der Waals surface area contributed by atoms with Gasteiger partial charge in [0.15, 0.2) is 5.96 Å². The van der Waals surface area contributed by atoms with Crippen molar-refractivity contribution in [1.29, 1.82) is 0 Å². The van der Waals surface area contributed by atoms with Crippen LogP contribution in [0.4, 0.5) is 0 Å². The van der Waals surface area contributed by atoms with Crippen LogP contribution >= 0.6 is 35.3 Å². The van der Waals surface area contributed by atoms with Crippen molar-refractivity contribution in [1.82, 2.24) is 15.2 Å². The first-order valence-electron chi connectivity index (χ1n) is 8.81. The van der Waals surface area contributed by atoms with E-state index >= 15 is 0 Å². The van der Waals surface area contributed by atoms with Crippen LogP contribution in [-0.4, -0.2) is 48.1 Å². The fourth-order valence-corrected chi connectivity index (χ4v) is 3.52. The number of likely N-dealkylation sites (tertiary alicyclic amines) is 1. The van der Waals surface area contributed by atoms with Crippen molar-refractivity contribution < 1.29 is 9.53 Å². The average Bonchev–Trinajstić information content (AvgIpc) is 3.07. The van der Waals surface area contributed by atoms with Crippen LogP contribution in [0.3, 0.4) is 0 Å². The Labute approximate surface area is 171 Å². The van der Waals surface area contributed by atoms with E-state index in [9.17, 15) is 4.79 Å². The van der Waals surface area contributed by atoms with Gasteiger partial charge in [0.25, 0.3) is 0 Å². The number of aliphatic imine (C=N–C) groups is 1. The molecular weight excluding hydrogens is 451 g/mol. The molecule has 1 N–H and O–H groups in total. The van der Waals surface area contributed by atoms with E-state index in [1.165, 1.54) is 0 Å². The zero-order valence-corrected chi connectivity index (χ0v) is 18.4. The molecule has 0 aliphatic carbocycles. The fraction of sp³-hybridized carbons (Fsp3) is 0.706. The summed E-state index contributed by atoms with van der Waals surface area (Å²) in [5, 5.41) is 6.55. The maximum absolute atomic E-state index is 12.0. The summed E-state index contributed by atoms with van der Waals surface area (Å²) in [7, 11) is 0. The minimum atomic E-state index is -0.0925. The van der Waals surface area contributed by atoms with E-state index in [1.54, 1.807) is 11.3 Å². The number of halogens is 1. The van der Waals surface area contributed by atoms with E-state index < -0.39 is 0 Å². The average molecular weight is 480 g/mol. The Hall–Kier alpha value is -0.900. The van der Waals surface area contributed by atoms with Crippen molar-refractivity contribution in [3.63, 3.8) is 0 Å². The molecule has 1 saturated heterocycles. The highest BCUT2D eigenvalue weighted by molar-refractivity contribution is 14.0. The Bertz CT molecular complexity index is 565. The van der Waals surface area contributed by atoms with Gasteiger partial charge >= 0.3 is 5.97 Å². The normalized spacial score (nSPS) is 17.8. The van der Waals surface area contributed by atoms with E-state index in [4.69, 9.17) is 9.73 Å². The molecule has 2 rings (SSSR count). The van der Waals surface area contributed by atoms with Crippen LogP contribution in [0.2, 0.25) is 0 Å². The van der Waals surface area contributed by atoms with Crippen molar-refractivity contribution in [2.75, 3.05) is 26.2 Å². The summed E-state index contributed by atoms with van der Waals surface area (Å²) in [5.41, 5.74) is 1.01. The zero-order chi connectivity index (χ0) is 17.4. The van der Waals surface area contributed by atoms with Gasteiger partial charge in [-0.3, -0.25) is 4.79 Å². The first kappa shape index (κ1) is 22.1. The van der Waals surface area contributed by atoms with Gasteiger partial charge in [-0.1, -0.05) is 6.92 Å². The molecule has 1 aliphatic heterocycles. The third kappa shape index (κ3) is 6.73. The minimum absolute atomic E-state index is 0. The molecule has 1 aromatic heterocycles. The molecule has 1 aromatic rings. The number of guanidine groups is 1. The van der Waals surface area contributed by atoms with Crippen LogP contribution in [0.25, 0.3) is 0 Å². The Kier molecular flexibility index (Phi) is 10.3. The minimum Gasteiger partial charge on any atom is -0.466 e. The van der Waals surface area contributed by atoms with Crippen LogP contribution in [-0.2, 0) is 22.5 Å². The smallest absolute Gasteiger partial charge is 0.310 e. The number of ether oxygens (including phenoxy) is 1. The van der Waals surface area contributed by atoms with Gasteiger partial charge in [0.1, 0.15) is 0 Å². The maximum atomic E-state index is 12.0. The summed E-state index contributed by atoms with van der Waals surface area (Å²) >= 11 is 1.68. The number of aromatic nitrogens is 1. The largest absolute Gasteiger partial charge is 0.466 e. The number of nitrogens with zero attached hydrogens (tertiary/aromatic N) is 3. The number of aryl methyl sites for hydroxylation is 1. The van der Waals surface area contributed by atoms with Gasteiger partial charge in [0.05, 0.1) is 29.8 Å². The van der Waals surface area contributed by atoms with E-state index in [1.807, 2.05) is 6.92 Å². The highest BCUT2D eigenvalue weighted by atomic mass is 127. The highest BCUT2D eigenvalue weighted by Gasteiger charge is 2.28. The lowest BCUT2D eigenvalue weighted by atomic mass is 9.98. The number of nitrogens with one attached hydrogen (secondary N) is 1. The van der Waals surface area contributed by atoms with Crippen LogP contribution in [0.1, 0.15) is 44.3 Å². The Morgan fingerprint density at radius 3 is 2.92 bits per heavy atom. The molecular formula is C17H29IN4O2S. The van der Waals surface area contributed by atoms with Gasteiger partial charge in [-0.2, -0.15) is 0 Å². The van der Waals surface area contributed by atoms with E-state index in [0.717, 1.165) is 49.0 Å². The number of piperidine rings is 1. The molecule has 0 amide bonds. The molecule has 1 fully saturated rings. The standard InChI is InChI=1S/C17H28N4O2S.HI/c1-4-15-20-14(12-24-15)10-19-17(18-5-2)21-9-7-8-13(11-21)16(22)23-6-3;/h12-13H,4-11H2,1-3H3,(H,18,19);1H. The van der Waals surface area contributed by atoms with Gasteiger partial charge in [0.2, 0.25) is 0 Å². The predicted molar refractivity (Wildman–Crippen MR) is 113 cm³/mol. The summed E-state index contributed by atoms with van der Waals surface area (Å²) in [4.78, 5) is 23.5. The van der Waals surface area contributed by atoms with Crippen molar-refractivity contribution >= 4 is 47.2 Å². The second-order valence-corrected chi connectivity index (χ2v) is 6.74. The quantitative estimate of drug-likeness (QED) is 0.294. The zero-order valence-electron chi connectivity index (χ0n) is 15.3. The fourth-order valence-electron chi connectivity index (χ4n) is 2.79. The summed E-state index contributed by atoms with van der Waals surface area (Å²) in [6.07, 6.45) is 2.83. The van der Waals surface area contributed by atoms with Crippen LogP contribution in [0.15, 0.2) is 10.4 Å². The van der Waals surface area contributed by atoms with Gasteiger partial charge in [-0.05, 0) is 33.1 Å². The maximum Gasteiger partial charge on any atom is 0.310 e. The summed E-state index contributed by atoms with van der Waals surface area (Å²) in [6.45, 7) is 9.41. The molecule has 0 radical (unpaired) electrons. The van der Waals surface area contributed by atoms with E-state index in [-0.39, 0.29) is 35.9 Å². The molecule has 2 heterocycles. The van der Waals surface area contributed by atoms with Crippen molar-refractivity contribution in [3.05, 3.63) is 16.1 Å². The summed E-state index contributed by atoms with van der Waals surface area (Å²) < 4.78 is 5.18. The Morgan fingerprint density at radius 2 is 2.28 bits per heavy atom. The molecule has 6 nitrogen and oxygen atoms in total. The monoisotopic (exact) mass is 480 g/mol. The molecule has 0 saturated carbocycles. The topological polar surface area (TPSA) is 66.8 Å². The summed E-state index contributed by atoms with van der Waals surface area (Å²) in [5.74, 6) is 0.705. The number of hydrogen-bond donors (Lipinski definition) is 1. The second kappa shape index (κ2) is 11.7. The lowest BCUT2D eigenvalue weighted by molar-refractivity contribution is -0.149. The molecule has 1 atom stereocenters. The Balaban J connectivity index is 0.00000312. The Morgan fingerprint density at radius 1 is 1.48 bits per heavy atom. The molecule has 8 heteroatoms. The first-order valence-corrected chi connectivity index (χ1v) is 9.69. The number of thiazole rings is 1. The molecule has 25 heavy (non-hydrogen) atoms. The summed E-state index contributed by atoms with van der Waals surface area (Å²) in [6, 6.07) is 0. The molecule has 0 spiro atoms. The highest BCUT2D eigenvalue weighted by Crippen LogP contribution is 2.18. The van der Waals surface area contributed by atoms with Crippen molar-refractivity contribution in [2.45, 2.75) is 46.6 Å². The van der Waals surface area contributed by atoms with Gasteiger partial charge in [-0.25, -0.2) is 9.98 Å². The van der Waals surface area contributed by atoms with Crippen LogP contribution < -0.4 is 5.32 Å². The molecule has 1 unspecified atom stereocenters. The van der Waals surface area contributed by atoms with Crippen LogP contribution in [0, 0.1) is 5.92 Å². The SMILES string of the molecule is CCNC(=NCc1csc(CC)n1)N1CCCC(C(=O)OCC)C1.I. The molecule has 142 valence electrons. The lowest BCUT2D eigenvalue weighted by Gasteiger charge is -2.34. The number of carbonyl (C=O) groups excluding carboxylic acids is 1. The number of carbonyl (C=O) groups is 1. The van der Waals surface area contributed by atoms with Crippen molar-refractivity contribution in [3.8, 4) is 0 Å².